The number of carbonyl (C=O) groups is 1. The molecule has 0 fully saturated rings. The van der Waals surface area contributed by atoms with E-state index < -0.39 is 6.10 Å². The van der Waals surface area contributed by atoms with Gasteiger partial charge in [0.15, 0.2) is 11.5 Å². The van der Waals surface area contributed by atoms with E-state index in [1.54, 1.807) is 6.92 Å². The Kier molecular flexibility index (Phi) is 3.68. The molecule has 1 aromatic rings. The quantitative estimate of drug-likeness (QED) is 0.731. The molecule has 4 nitrogen and oxygen atoms in total. The van der Waals surface area contributed by atoms with Gasteiger partial charge in [-0.1, -0.05) is 0 Å². The number of aromatic hydroxyl groups is 1. The summed E-state index contributed by atoms with van der Waals surface area (Å²) in [6, 6.07) is 2.90. The molecule has 0 aliphatic rings. The van der Waals surface area contributed by atoms with Crippen molar-refractivity contribution in [3.63, 3.8) is 0 Å². The molecule has 0 aromatic heterocycles. The Balaban J connectivity index is 3.15. The van der Waals surface area contributed by atoms with Crippen LogP contribution in [0.25, 0.3) is 0 Å². The van der Waals surface area contributed by atoms with Gasteiger partial charge in [-0.2, -0.15) is 0 Å². The highest BCUT2D eigenvalue weighted by atomic mass is 16.5. The molecule has 0 saturated carbocycles. The van der Waals surface area contributed by atoms with Gasteiger partial charge in [0.25, 0.3) is 0 Å². The lowest BCUT2D eigenvalue weighted by molar-refractivity contribution is 0.112. The van der Waals surface area contributed by atoms with Gasteiger partial charge in [0.1, 0.15) is 6.29 Å². The molecule has 0 radical (unpaired) electrons. The third-order valence-electron chi connectivity index (χ3n) is 2.08. The Morgan fingerprint density at radius 2 is 2.20 bits per heavy atom. The Bertz CT molecular complexity index is 358. The van der Waals surface area contributed by atoms with Crippen molar-refractivity contribution in [2.24, 2.45) is 0 Å². The molecule has 1 aromatic carbocycles. The maximum atomic E-state index is 10.8. The van der Waals surface area contributed by atoms with Crippen LogP contribution >= 0.6 is 0 Å². The zero-order chi connectivity index (χ0) is 11.4. The third kappa shape index (κ3) is 2.70. The molecule has 1 atom stereocenters. The number of phenolic OH excluding ortho intramolecular Hbond substituents is 1. The van der Waals surface area contributed by atoms with E-state index in [1.165, 1.54) is 19.2 Å². The number of aliphatic hydroxyl groups excluding tert-OH is 1. The summed E-state index contributed by atoms with van der Waals surface area (Å²) in [4.78, 5) is 10.8. The molecular formula is C11H14O4. The van der Waals surface area contributed by atoms with Gasteiger partial charge < -0.3 is 14.9 Å². The van der Waals surface area contributed by atoms with E-state index in [0.29, 0.717) is 23.8 Å². The van der Waals surface area contributed by atoms with Gasteiger partial charge in [-0.05, 0) is 31.0 Å². The van der Waals surface area contributed by atoms with Gasteiger partial charge in [0.05, 0.1) is 13.2 Å². The van der Waals surface area contributed by atoms with E-state index in [-0.39, 0.29) is 11.5 Å². The van der Waals surface area contributed by atoms with E-state index >= 15 is 0 Å². The van der Waals surface area contributed by atoms with Crippen LogP contribution in [0.3, 0.4) is 0 Å². The number of aldehydes is 1. The van der Waals surface area contributed by atoms with Crippen molar-refractivity contribution in [2.75, 3.05) is 7.11 Å². The number of carbonyl (C=O) groups excluding carboxylic acids is 1. The van der Waals surface area contributed by atoms with Gasteiger partial charge >= 0.3 is 0 Å². The first-order chi connectivity index (χ1) is 7.08. The predicted molar refractivity (Wildman–Crippen MR) is 55.4 cm³/mol. The fourth-order valence-electron chi connectivity index (χ4n) is 1.40. The number of rotatable bonds is 4. The van der Waals surface area contributed by atoms with Crippen LogP contribution in [0.1, 0.15) is 22.8 Å². The molecule has 0 heterocycles. The van der Waals surface area contributed by atoms with E-state index in [4.69, 9.17) is 4.74 Å². The van der Waals surface area contributed by atoms with Gasteiger partial charge in [-0.3, -0.25) is 4.79 Å². The molecule has 0 aliphatic heterocycles. The van der Waals surface area contributed by atoms with E-state index in [1.807, 2.05) is 0 Å². The first kappa shape index (κ1) is 11.5. The molecule has 0 amide bonds. The summed E-state index contributed by atoms with van der Waals surface area (Å²) in [6.07, 6.45) is 0.446. The lowest BCUT2D eigenvalue weighted by Gasteiger charge is -2.10. The minimum atomic E-state index is -0.559. The van der Waals surface area contributed by atoms with Crippen LogP contribution in [-0.4, -0.2) is 29.7 Å². The first-order valence-electron chi connectivity index (χ1n) is 4.61. The minimum Gasteiger partial charge on any atom is -0.504 e. The molecule has 0 bridgehead atoms. The lowest BCUT2D eigenvalue weighted by Crippen LogP contribution is -2.06. The van der Waals surface area contributed by atoms with Gasteiger partial charge in [0, 0.05) is 5.56 Å². The molecule has 0 saturated heterocycles. The lowest BCUT2D eigenvalue weighted by atomic mass is 10.0. The molecule has 82 valence electrons. The van der Waals surface area contributed by atoms with Crippen LogP contribution in [0.5, 0.6) is 11.5 Å². The van der Waals surface area contributed by atoms with Gasteiger partial charge in [-0.15, -0.1) is 0 Å². The summed E-state index contributed by atoms with van der Waals surface area (Å²) in [5.41, 5.74) is 1.03. The predicted octanol–water partition coefficient (Wildman–Crippen LogP) is 1.14. The SMILES string of the molecule is COc1cc(C=O)c(CC(C)O)cc1O. The Morgan fingerprint density at radius 1 is 1.53 bits per heavy atom. The fourth-order valence-corrected chi connectivity index (χ4v) is 1.40. The Morgan fingerprint density at radius 3 is 2.67 bits per heavy atom. The summed E-state index contributed by atoms with van der Waals surface area (Å²) in [6.45, 7) is 1.62. The van der Waals surface area contributed by atoms with Crippen molar-refractivity contribution in [3.05, 3.63) is 23.3 Å². The highest BCUT2D eigenvalue weighted by molar-refractivity contribution is 5.79. The highest BCUT2D eigenvalue weighted by Gasteiger charge is 2.10. The van der Waals surface area contributed by atoms with Crippen molar-refractivity contribution < 1.29 is 19.7 Å². The van der Waals surface area contributed by atoms with E-state index in [0.717, 1.165) is 0 Å². The second kappa shape index (κ2) is 4.79. The molecule has 1 rings (SSSR count). The second-order valence-corrected chi connectivity index (χ2v) is 3.39. The summed E-state index contributed by atoms with van der Waals surface area (Å²) in [5.74, 6) is 0.227. The van der Waals surface area contributed by atoms with Crippen LogP contribution < -0.4 is 4.74 Å². The average Bonchev–Trinajstić information content (AvgIpc) is 2.17. The Hall–Kier alpha value is -1.55. The third-order valence-corrected chi connectivity index (χ3v) is 2.08. The monoisotopic (exact) mass is 210 g/mol. The molecule has 15 heavy (non-hydrogen) atoms. The minimum absolute atomic E-state index is 0.0289. The van der Waals surface area contributed by atoms with E-state index in [2.05, 4.69) is 0 Å². The van der Waals surface area contributed by atoms with Gasteiger partial charge in [0.2, 0.25) is 0 Å². The van der Waals surface area contributed by atoms with Crippen molar-refractivity contribution in [3.8, 4) is 11.5 Å². The summed E-state index contributed by atoms with van der Waals surface area (Å²) in [5, 5.41) is 18.7. The number of benzene rings is 1. The number of hydrogen-bond donors (Lipinski definition) is 2. The molecular weight excluding hydrogens is 196 g/mol. The van der Waals surface area contributed by atoms with E-state index in [9.17, 15) is 15.0 Å². The van der Waals surface area contributed by atoms with Crippen LogP contribution in [-0.2, 0) is 6.42 Å². The maximum Gasteiger partial charge on any atom is 0.161 e. The smallest absolute Gasteiger partial charge is 0.161 e. The number of aliphatic hydroxyl groups is 1. The zero-order valence-corrected chi connectivity index (χ0v) is 8.73. The number of hydrogen-bond acceptors (Lipinski definition) is 4. The van der Waals surface area contributed by atoms with Crippen LogP contribution in [0.4, 0.5) is 0 Å². The molecule has 2 N–H and O–H groups in total. The molecule has 0 spiro atoms. The van der Waals surface area contributed by atoms with Crippen LogP contribution in [0.15, 0.2) is 12.1 Å². The fraction of sp³-hybridized carbons (Fsp3) is 0.364. The first-order valence-corrected chi connectivity index (χ1v) is 4.61. The number of ether oxygens (including phenoxy) is 1. The Labute approximate surface area is 88.1 Å². The maximum absolute atomic E-state index is 10.8. The van der Waals surface area contributed by atoms with Crippen LogP contribution in [0.2, 0.25) is 0 Å². The highest BCUT2D eigenvalue weighted by Crippen LogP contribution is 2.29. The summed E-state index contributed by atoms with van der Waals surface area (Å²) in [7, 11) is 1.41. The second-order valence-electron chi connectivity index (χ2n) is 3.39. The van der Waals surface area contributed by atoms with Crippen LogP contribution in [0, 0.1) is 0 Å². The average molecular weight is 210 g/mol. The number of methoxy groups -OCH3 is 1. The molecule has 1 unspecified atom stereocenters. The molecule has 0 aliphatic carbocycles. The standard InChI is InChI=1S/C11H14O4/c1-7(13)3-8-4-10(14)11(15-2)5-9(8)6-12/h4-7,13-14H,3H2,1-2H3. The van der Waals surface area contributed by atoms with Crippen molar-refractivity contribution in [1.29, 1.82) is 0 Å². The van der Waals surface area contributed by atoms with Gasteiger partial charge in [-0.25, -0.2) is 0 Å². The van der Waals surface area contributed by atoms with Crippen molar-refractivity contribution >= 4 is 6.29 Å². The van der Waals surface area contributed by atoms with Crippen molar-refractivity contribution in [2.45, 2.75) is 19.4 Å². The summed E-state index contributed by atoms with van der Waals surface area (Å²) >= 11 is 0. The molecule has 4 heteroatoms. The number of phenols is 1. The normalized spacial score (nSPS) is 12.2. The zero-order valence-electron chi connectivity index (χ0n) is 8.73. The topological polar surface area (TPSA) is 66.8 Å². The summed E-state index contributed by atoms with van der Waals surface area (Å²) < 4.78 is 4.88. The van der Waals surface area contributed by atoms with Crippen molar-refractivity contribution in [1.82, 2.24) is 0 Å². The largest absolute Gasteiger partial charge is 0.504 e.